The van der Waals surface area contributed by atoms with Gasteiger partial charge in [0.2, 0.25) is 5.82 Å². The predicted molar refractivity (Wildman–Crippen MR) is 137 cm³/mol. The molecule has 3 aromatic carbocycles. The van der Waals surface area contributed by atoms with Crippen molar-refractivity contribution in [1.29, 1.82) is 0 Å². The summed E-state index contributed by atoms with van der Waals surface area (Å²) in [7, 11) is 0. The lowest BCUT2D eigenvalue weighted by molar-refractivity contribution is 0.203. The summed E-state index contributed by atoms with van der Waals surface area (Å²) in [5.41, 5.74) is 6.51. The molecule has 0 radical (unpaired) electrons. The molecule has 1 N–H and O–H groups in total. The van der Waals surface area contributed by atoms with Crippen molar-refractivity contribution >= 4 is 23.2 Å². The Hall–Kier alpha value is -3.90. The smallest absolute Gasteiger partial charge is 0.322 e. The van der Waals surface area contributed by atoms with Crippen LogP contribution in [0.2, 0.25) is 5.02 Å². The number of rotatable bonds is 5. The van der Waals surface area contributed by atoms with Crippen LogP contribution in [0.25, 0.3) is 17.0 Å². The van der Waals surface area contributed by atoms with E-state index in [2.05, 4.69) is 16.5 Å². The van der Waals surface area contributed by atoms with Gasteiger partial charge in [-0.05, 0) is 44.0 Å². The van der Waals surface area contributed by atoms with E-state index in [0.29, 0.717) is 23.3 Å². The second-order valence-corrected chi connectivity index (χ2v) is 9.24. The van der Waals surface area contributed by atoms with Crippen LogP contribution in [0.5, 0.6) is 0 Å². The molecule has 5 rings (SSSR count). The molecule has 0 bridgehead atoms. The number of amides is 2. The van der Waals surface area contributed by atoms with Crippen molar-refractivity contribution in [2.45, 2.75) is 33.4 Å². The number of benzene rings is 3. The SMILES string of the molecule is CC1=C(c2nc(-c3ccc(C)cc3)no2)C(c2cccc(Cl)c2)NC(=O)N1Cc1cccc(C)c1. The molecule has 7 heteroatoms. The maximum atomic E-state index is 13.3. The van der Waals surface area contributed by atoms with Crippen LogP contribution in [-0.4, -0.2) is 21.1 Å². The molecule has 2 heterocycles. The molecule has 0 saturated heterocycles. The molecule has 0 fully saturated rings. The Morgan fingerprint density at radius 3 is 2.49 bits per heavy atom. The summed E-state index contributed by atoms with van der Waals surface area (Å²) < 4.78 is 5.76. The van der Waals surface area contributed by atoms with Crippen molar-refractivity contribution in [3.05, 3.63) is 112 Å². The highest BCUT2D eigenvalue weighted by Gasteiger charge is 2.36. The van der Waals surface area contributed by atoms with Gasteiger partial charge in [0.05, 0.1) is 18.2 Å². The van der Waals surface area contributed by atoms with Gasteiger partial charge in [-0.2, -0.15) is 4.98 Å². The lowest BCUT2D eigenvalue weighted by Gasteiger charge is -2.35. The summed E-state index contributed by atoms with van der Waals surface area (Å²) in [6.07, 6.45) is 0. The summed E-state index contributed by atoms with van der Waals surface area (Å²) in [4.78, 5) is 19.7. The quantitative estimate of drug-likeness (QED) is 0.342. The number of allylic oxidation sites excluding steroid dienone is 1. The third-order valence-electron chi connectivity index (χ3n) is 6.17. The summed E-state index contributed by atoms with van der Waals surface area (Å²) in [5, 5.41) is 7.94. The van der Waals surface area contributed by atoms with Gasteiger partial charge in [0.1, 0.15) is 0 Å². The molecule has 2 amide bonds. The maximum absolute atomic E-state index is 13.3. The lowest BCUT2D eigenvalue weighted by Crippen LogP contribution is -2.45. The Bertz CT molecular complexity index is 1420. The number of aromatic nitrogens is 2. The van der Waals surface area contributed by atoms with Crippen molar-refractivity contribution in [3.63, 3.8) is 0 Å². The number of carbonyl (C=O) groups is 1. The van der Waals surface area contributed by atoms with Gasteiger partial charge in [0, 0.05) is 16.3 Å². The number of nitrogens with zero attached hydrogens (tertiary/aromatic N) is 3. The largest absolute Gasteiger partial charge is 0.334 e. The van der Waals surface area contributed by atoms with E-state index in [1.807, 2.05) is 81.4 Å². The molecular formula is C28H25ClN4O2. The number of aryl methyl sites for hydroxylation is 2. The molecule has 1 unspecified atom stereocenters. The monoisotopic (exact) mass is 484 g/mol. The van der Waals surface area contributed by atoms with E-state index in [1.165, 1.54) is 0 Å². The third kappa shape index (κ3) is 4.70. The van der Waals surface area contributed by atoms with E-state index < -0.39 is 6.04 Å². The van der Waals surface area contributed by atoms with E-state index >= 15 is 0 Å². The molecule has 1 aliphatic heterocycles. The van der Waals surface area contributed by atoms with Crippen LogP contribution < -0.4 is 5.32 Å². The highest BCUT2D eigenvalue weighted by molar-refractivity contribution is 6.30. The minimum absolute atomic E-state index is 0.198. The predicted octanol–water partition coefficient (Wildman–Crippen LogP) is 6.70. The minimum atomic E-state index is -0.485. The molecule has 0 saturated carbocycles. The fourth-order valence-electron chi connectivity index (χ4n) is 4.33. The first-order valence-corrected chi connectivity index (χ1v) is 11.8. The summed E-state index contributed by atoms with van der Waals surface area (Å²) in [5.74, 6) is 0.851. The number of hydrogen-bond donors (Lipinski definition) is 1. The van der Waals surface area contributed by atoms with Crippen molar-refractivity contribution < 1.29 is 9.32 Å². The van der Waals surface area contributed by atoms with Crippen LogP contribution in [0.1, 0.15) is 41.1 Å². The zero-order valence-electron chi connectivity index (χ0n) is 19.7. The first-order chi connectivity index (χ1) is 16.9. The van der Waals surface area contributed by atoms with Gasteiger partial charge in [0.25, 0.3) is 5.89 Å². The van der Waals surface area contributed by atoms with Crippen LogP contribution in [0.4, 0.5) is 4.79 Å². The minimum Gasteiger partial charge on any atom is -0.334 e. The molecule has 1 atom stereocenters. The van der Waals surface area contributed by atoms with Crippen LogP contribution in [0.15, 0.2) is 83.0 Å². The van der Waals surface area contributed by atoms with E-state index in [4.69, 9.17) is 21.1 Å². The Morgan fingerprint density at radius 1 is 0.971 bits per heavy atom. The second kappa shape index (κ2) is 9.39. The van der Waals surface area contributed by atoms with Crippen LogP contribution in [0.3, 0.4) is 0 Å². The molecule has 35 heavy (non-hydrogen) atoms. The van der Waals surface area contributed by atoms with Crippen molar-refractivity contribution in [3.8, 4) is 11.4 Å². The standard InChI is InChI=1S/C28H25ClN4O2/c1-17-10-12-21(13-11-17)26-31-27(35-32-26)24-19(3)33(16-20-7-4-6-18(2)14-20)28(34)30-25(24)22-8-5-9-23(29)15-22/h4-15,25H,16H2,1-3H3,(H,30,34). The Labute approximate surface area is 209 Å². The number of hydrogen-bond acceptors (Lipinski definition) is 4. The first-order valence-electron chi connectivity index (χ1n) is 11.4. The van der Waals surface area contributed by atoms with Gasteiger partial charge in [-0.3, -0.25) is 4.90 Å². The fraction of sp³-hybridized carbons (Fsp3) is 0.179. The van der Waals surface area contributed by atoms with Crippen molar-refractivity contribution in [1.82, 2.24) is 20.4 Å². The van der Waals surface area contributed by atoms with Gasteiger partial charge in [-0.15, -0.1) is 0 Å². The third-order valence-corrected chi connectivity index (χ3v) is 6.40. The normalized spacial score (nSPS) is 15.9. The number of halogens is 1. The Morgan fingerprint density at radius 2 is 1.74 bits per heavy atom. The molecule has 1 aromatic heterocycles. The highest BCUT2D eigenvalue weighted by Crippen LogP contribution is 2.38. The molecule has 0 aliphatic carbocycles. The molecule has 0 spiro atoms. The number of carbonyl (C=O) groups excluding carboxylic acids is 1. The maximum Gasteiger partial charge on any atom is 0.322 e. The fourth-order valence-corrected chi connectivity index (χ4v) is 4.53. The van der Waals surface area contributed by atoms with Gasteiger partial charge in [0.15, 0.2) is 0 Å². The number of urea groups is 1. The van der Waals surface area contributed by atoms with Crippen molar-refractivity contribution in [2.24, 2.45) is 0 Å². The van der Waals surface area contributed by atoms with Crippen LogP contribution in [-0.2, 0) is 6.54 Å². The van der Waals surface area contributed by atoms with Crippen molar-refractivity contribution in [2.75, 3.05) is 0 Å². The molecule has 4 aromatic rings. The first kappa shape index (κ1) is 22.9. The van der Waals surface area contributed by atoms with E-state index in [0.717, 1.165) is 39.1 Å². The summed E-state index contributed by atoms with van der Waals surface area (Å²) in [6, 6.07) is 22.8. The molecule has 6 nitrogen and oxygen atoms in total. The van der Waals surface area contributed by atoms with Gasteiger partial charge in [-0.1, -0.05) is 88.5 Å². The van der Waals surface area contributed by atoms with E-state index in [1.54, 1.807) is 11.0 Å². The van der Waals surface area contributed by atoms with Gasteiger partial charge in [-0.25, -0.2) is 4.79 Å². The zero-order valence-corrected chi connectivity index (χ0v) is 20.5. The van der Waals surface area contributed by atoms with Crippen LogP contribution >= 0.6 is 11.6 Å². The molecular weight excluding hydrogens is 460 g/mol. The van der Waals surface area contributed by atoms with Gasteiger partial charge < -0.3 is 9.84 Å². The van der Waals surface area contributed by atoms with E-state index in [-0.39, 0.29) is 6.03 Å². The van der Waals surface area contributed by atoms with Gasteiger partial charge >= 0.3 is 6.03 Å². The summed E-state index contributed by atoms with van der Waals surface area (Å²) in [6.45, 7) is 6.40. The number of nitrogens with one attached hydrogen (secondary N) is 1. The average Bonchev–Trinajstić information content (AvgIpc) is 3.31. The highest BCUT2D eigenvalue weighted by atomic mass is 35.5. The average molecular weight is 485 g/mol. The topological polar surface area (TPSA) is 71.3 Å². The Kier molecular flexibility index (Phi) is 6.14. The summed E-state index contributed by atoms with van der Waals surface area (Å²) >= 11 is 6.29. The van der Waals surface area contributed by atoms with Crippen LogP contribution in [0, 0.1) is 13.8 Å². The van der Waals surface area contributed by atoms with E-state index in [9.17, 15) is 4.79 Å². The second-order valence-electron chi connectivity index (χ2n) is 8.80. The molecule has 176 valence electrons. The Balaban J connectivity index is 1.60. The molecule has 1 aliphatic rings. The zero-order chi connectivity index (χ0) is 24.5. The lowest BCUT2D eigenvalue weighted by atomic mass is 9.94.